The Morgan fingerprint density at radius 2 is 1.76 bits per heavy atom. The molecule has 0 heterocycles. The third-order valence-electron chi connectivity index (χ3n) is 1.63. The lowest BCUT2D eigenvalue weighted by atomic mass is 10.2. The van der Waals surface area contributed by atoms with Gasteiger partial charge in [0.1, 0.15) is 0 Å². The van der Waals surface area contributed by atoms with Gasteiger partial charge in [-0.2, -0.15) is 0 Å². The van der Waals surface area contributed by atoms with Crippen molar-refractivity contribution in [3.8, 4) is 0 Å². The number of benzene rings is 1. The molecule has 0 spiro atoms. The van der Waals surface area contributed by atoms with Gasteiger partial charge in [0, 0.05) is 10.6 Å². The van der Waals surface area contributed by atoms with E-state index in [1.807, 2.05) is 5.43 Å². The van der Waals surface area contributed by atoms with Gasteiger partial charge in [0.2, 0.25) is 0 Å². The van der Waals surface area contributed by atoms with Gasteiger partial charge in [-0.25, -0.2) is 0 Å². The molecule has 0 radical (unpaired) electrons. The summed E-state index contributed by atoms with van der Waals surface area (Å²) in [6.07, 6.45) is 0. The fraction of sp³-hybridized carbons (Fsp3) is 0.111. The third-order valence-corrected chi connectivity index (χ3v) is 2.38. The Bertz CT molecular complexity index is 445. The van der Waals surface area contributed by atoms with Crippen LogP contribution in [-0.2, 0) is 4.79 Å². The van der Waals surface area contributed by atoms with Crippen LogP contribution < -0.4 is 10.9 Å². The van der Waals surface area contributed by atoms with Crippen LogP contribution in [0.1, 0.15) is 10.4 Å². The molecule has 0 fully saturated rings. The van der Waals surface area contributed by atoms with E-state index < -0.39 is 15.6 Å². The average molecular weight is 316 g/mol. The van der Waals surface area contributed by atoms with Crippen LogP contribution in [0.4, 0.5) is 0 Å². The van der Waals surface area contributed by atoms with Gasteiger partial charge in [-0.1, -0.05) is 52.5 Å². The maximum absolute atomic E-state index is 11.5. The molecule has 8 heteroatoms. The number of amides is 2. The van der Waals surface area contributed by atoms with Crippen LogP contribution in [0.2, 0.25) is 5.02 Å². The summed E-state index contributed by atoms with van der Waals surface area (Å²) in [5.41, 5.74) is 4.31. The summed E-state index contributed by atoms with van der Waals surface area (Å²) in [5.74, 6) is -1.53. The van der Waals surface area contributed by atoms with Crippen LogP contribution in [0, 0.1) is 0 Å². The van der Waals surface area contributed by atoms with E-state index >= 15 is 0 Å². The molecule has 0 aliphatic heterocycles. The molecule has 1 rings (SSSR count). The number of hydrogen-bond donors (Lipinski definition) is 2. The highest BCUT2D eigenvalue weighted by atomic mass is 35.6. The molecule has 0 aliphatic carbocycles. The molecule has 0 saturated heterocycles. The molecule has 0 atom stereocenters. The van der Waals surface area contributed by atoms with Crippen molar-refractivity contribution in [3.05, 3.63) is 34.9 Å². The second-order valence-corrected chi connectivity index (χ2v) is 5.63. The first kappa shape index (κ1) is 14.4. The molecule has 2 amide bonds. The monoisotopic (exact) mass is 314 g/mol. The minimum absolute atomic E-state index is 0.266. The number of hydrogen-bond acceptors (Lipinski definition) is 2. The van der Waals surface area contributed by atoms with Crippen molar-refractivity contribution >= 4 is 58.2 Å². The summed E-state index contributed by atoms with van der Waals surface area (Å²) in [5, 5.41) is 0.394. The number of nitrogens with one attached hydrogen (secondary N) is 2. The molecule has 0 bridgehead atoms. The summed E-state index contributed by atoms with van der Waals surface area (Å²) < 4.78 is -2.14. The number of hydrazine groups is 1. The van der Waals surface area contributed by atoms with Crippen molar-refractivity contribution in [3.63, 3.8) is 0 Å². The maximum Gasteiger partial charge on any atom is 0.290 e. The van der Waals surface area contributed by atoms with Crippen LogP contribution in [0.3, 0.4) is 0 Å². The lowest BCUT2D eigenvalue weighted by Crippen LogP contribution is -2.46. The van der Waals surface area contributed by atoms with Crippen molar-refractivity contribution in [2.45, 2.75) is 3.79 Å². The van der Waals surface area contributed by atoms with Gasteiger partial charge in [-0.3, -0.25) is 20.4 Å². The highest BCUT2D eigenvalue weighted by Crippen LogP contribution is 2.25. The number of carbonyl (C=O) groups excluding carboxylic acids is 2. The van der Waals surface area contributed by atoms with E-state index in [1.165, 1.54) is 12.1 Å². The van der Waals surface area contributed by atoms with Crippen LogP contribution in [-0.4, -0.2) is 15.6 Å². The zero-order valence-electron chi connectivity index (χ0n) is 8.14. The van der Waals surface area contributed by atoms with E-state index in [4.69, 9.17) is 46.4 Å². The van der Waals surface area contributed by atoms with Crippen molar-refractivity contribution in [1.29, 1.82) is 0 Å². The summed E-state index contributed by atoms with van der Waals surface area (Å²) in [7, 11) is 0. The number of halogens is 4. The fourth-order valence-corrected chi connectivity index (χ4v) is 1.22. The SMILES string of the molecule is O=C(NNC(=O)C(Cl)(Cl)Cl)c1cccc(Cl)c1. The van der Waals surface area contributed by atoms with E-state index in [9.17, 15) is 9.59 Å². The highest BCUT2D eigenvalue weighted by molar-refractivity contribution is 6.76. The molecular weight excluding hydrogens is 310 g/mol. The summed E-state index contributed by atoms with van der Waals surface area (Å²) in [6.45, 7) is 0. The zero-order chi connectivity index (χ0) is 13.1. The van der Waals surface area contributed by atoms with Crippen LogP contribution in [0.15, 0.2) is 24.3 Å². The van der Waals surface area contributed by atoms with Gasteiger partial charge in [0.25, 0.3) is 15.6 Å². The topological polar surface area (TPSA) is 58.2 Å². The van der Waals surface area contributed by atoms with Gasteiger partial charge in [-0.15, -0.1) is 0 Å². The summed E-state index contributed by atoms with van der Waals surface area (Å²) >= 11 is 21.5. The normalized spacial score (nSPS) is 10.8. The molecule has 2 N–H and O–H groups in total. The van der Waals surface area contributed by atoms with Crippen LogP contribution in [0.25, 0.3) is 0 Å². The smallest absolute Gasteiger partial charge is 0.268 e. The number of carbonyl (C=O) groups is 2. The molecular formula is C9H6Cl4N2O2. The van der Waals surface area contributed by atoms with Crippen molar-refractivity contribution in [2.24, 2.45) is 0 Å². The Balaban J connectivity index is 2.60. The molecule has 1 aromatic rings. The zero-order valence-corrected chi connectivity index (χ0v) is 11.2. The number of rotatable bonds is 1. The Kier molecular flexibility index (Phi) is 4.89. The first-order chi connectivity index (χ1) is 7.80. The first-order valence-electron chi connectivity index (χ1n) is 4.24. The van der Waals surface area contributed by atoms with Gasteiger partial charge < -0.3 is 0 Å². The predicted molar refractivity (Wildman–Crippen MR) is 67.4 cm³/mol. The van der Waals surface area contributed by atoms with Gasteiger partial charge >= 0.3 is 0 Å². The predicted octanol–water partition coefficient (Wildman–Crippen LogP) is 2.47. The molecule has 0 saturated carbocycles. The Hall–Kier alpha value is -0.680. The molecule has 0 aliphatic rings. The Morgan fingerprint density at radius 3 is 2.29 bits per heavy atom. The minimum atomic E-state index is -2.14. The second-order valence-electron chi connectivity index (χ2n) is 2.92. The molecule has 17 heavy (non-hydrogen) atoms. The fourth-order valence-electron chi connectivity index (χ4n) is 0.886. The minimum Gasteiger partial charge on any atom is -0.268 e. The van der Waals surface area contributed by atoms with E-state index in [-0.39, 0.29) is 5.56 Å². The third kappa shape index (κ3) is 4.60. The lowest BCUT2D eigenvalue weighted by Gasteiger charge is -2.12. The Morgan fingerprint density at radius 1 is 1.12 bits per heavy atom. The first-order valence-corrected chi connectivity index (χ1v) is 5.75. The van der Waals surface area contributed by atoms with Crippen molar-refractivity contribution in [2.75, 3.05) is 0 Å². The van der Waals surface area contributed by atoms with Crippen molar-refractivity contribution in [1.82, 2.24) is 10.9 Å². The van der Waals surface area contributed by atoms with E-state index in [2.05, 4.69) is 5.43 Å². The largest absolute Gasteiger partial charge is 0.290 e. The molecule has 0 aromatic heterocycles. The van der Waals surface area contributed by atoms with E-state index in [1.54, 1.807) is 12.1 Å². The van der Waals surface area contributed by atoms with Crippen LogP contribution in [0.5, 0.6) is 0 Å². The van der Waals surface area contributed by atoms with Crippen LogP contribution >= 0.6 is 46.4 Å². The second kappa shape index (κ2) is 5.78. The molecule has 0 unspecified atom stereocenters. The van der Waals surface area contributed by atoms with Gasteiger partial charge in [-0.05, 0) is 18.2 Å². The summed E-state index contributed by atoms with van der Waals surface area (Å²) in [4.78, 5) is 22.6. The summed E-state index contributed by atoms with van der Waals surface area (Å²) in [6, 6.07) is 6.15. The highest BCUT2D eigenvalue weighted by Gasteiger charge is 2.30. The molecule has 92 valence electrons. The van der Waals surface area contributed by atoms with E-state index in [0.29, 0.717) is 5.02 Å². The van der Waals surface area contributed by atoms with Gasteiger partial charge in [0.15, 0.2) is 0 Å². The van der Waals surface area contributed by atoms with Gasteiger partial charge in [0.05, 0.1) is 0 Å². The van der Waals surface area contributed by atoms with Crippen molar-refractivity contribution < 1.29 is 9.59 Å². The molecule has 1 aromatic carbocycles. The van der Waals surface area contributed by atoms with E-state index in [0.717, 1.165) is 0 Å². The lowest BCUT2D eigenvalue weighted by molar-refractivity contribution is -0.120. The average Bonchev–Trinajstić information content (AvgIpc) is 2.24. The molecule has 4 nitrogen and oxygen atoms in total. The number of alkyl halides is 3. The maximum atomic E-state index is 11.5. The quantitative estimate of drug-likeness (QED) is 0.618. The Labute approximate surface area is 117 Å². The standard InChI is InChI=1S/C9H6Cl4N2O2/c10-6-3-1-2-5(4-6)7(16)14-15-8(17)9(11,12)13/h1-4H,(H,14,16)(H,15,17).